The van der Waals surface area contributed by atoms with E-state index in [0.29, 0.717) is 5.52 Å². The number of thiophene rings is 1. The predicted octanol–water partition coefficient (Wildman–Crippen LogP) is 4.15. The van der Waals surface area contributed by atoms with E-state index in [2.05, 4.69) is 10.3 Å². The number of hydrogen-bond acceptors (Lipinski definition) is 9. The molecule has 2 aromatic carbocycles. The second kappa shape index (κ2) is 11.9. The van der Waals surface area contributed by atoms with Crippen LogP contribution >= 0.6 is 22.7 Å². The van der Waals surface area contributed by atoms with Crippen molar-refractivity contribution < 1.29 is 27.9 Å². The molecule has 0 spiro atoms. The molecule has 1 aliphatic rings. The maximum atomic E-state index is 13.7. The molecule has 1 aliphatic heterocycles. The summed E-state index contributed by atoms with van der Waals surface area (Å²) >= 11 is 2.38. The molecule has 5 rings (SSSR count). The zero-order chi connectivity index (χ0) is 29.3. The lowest BCUT2D eigenvalue weighted by Crippen LogP contribution is -2.50. The Kier molecular flexibility index (Phi) is 8.43. The Morgan fingerprint density at radius 3 is 2.71 bits per heavy atom. The number of aliphatic hydroxyl groups is 1. The first kappa shape index (κ1) is 29.1. The highest BCUT2D eigenvalue weighted by atomic mass is 32.2. The number of sulfonamides is 1. The van der Waals surface area contributed by atoms with Crippen LogP contribution in [0, 0.1) is 5.92 Å². The fourth-order valence-corrected chi connectivity index (χ4v) is 7.87. The Labute approximate surface area is 246 Å². The Balaban J connectivity index is 1.51. The molecule has 0 saturated heterocycles. The molecule has 41 heavy (non-hydrogen) atoms. The van der Waals surface area contributed by atoms with Crippen molar-refractivity contribution in [2.75, 3.05) is 32.1 Å². The van der Waals surface area contributed by atoms with Gasteiger partial charge in [0.15, 0.2) is 10.8 Å². The monoisotopic (exact) mass is 614 g/mol. The number of amides is 2. The van der Waals surface area contributed by atoms with Crippen LogP contribution in [-0.2, 0) is 10.0 Å². The number of hydrogen-bond donors (Lipinski definition) is 2. The van der Waals surface area contributed by atoms with Crippen LogP contribution in [0.2, 0.25) is 0 Å². The molecule has 13 heteroatoms. The van der Waals surface area contributed by atoms with Gasteiger partial charge in [0, 0.05) is 19.5 Å². The smallest absolute Gasteiger partial charge is 0.284 e. The highest BCUT2D eigenvalue weighted by Gasteiger charge is 2.36. The number of fused-ring (bicyclic) bond motifs is 2. The molecule has 3 atom stereocenters. The van der Waals surface area contributed by atoms with Crippen molar-refractivity contribution in [1.82, 2.24) is 14.2 Å². The molecule has 3 heterocycles. The van der Waals surface area contributed by atoms with Crippen molar-refractivity contribution in [3.8, 4) is 5.75 Å². The summed E-state index contributed by atoms with van der Waals surface area (Å²) in [6, 6.07) is 15.0. The van der Waals surface area contributed by atoms with E-state index in [0.717, 1.165) is 16.0 Å². The Bertz CT molecular complexity index is 1640. The van der Waals surface area contributed by atoms with Gasteiger partial charge in [-0.3, -0.25) is 9.59 Å². The molecule has 4 aromatic rings. The van der Waals surface area contributed by atoms with Crippen molar-refractivity contribution in [1.29, 1.82) is 0 Å². The van der Waals surface area contributed by atoms with Gasteiger partial charge in [0.05, 0.1) is 40.7 Å². The molecule has 0 aliphatic carbocycles. The number of carbonyl (C=O) groups is 2. The fourth-order valence-electron chi connectivity index (χ4n) is 4.62. The summed E-state index contributed by atoms with van der Waals surface area (Å²) in [6.07, 6.45) is -0.685. The van der Waals surface area contributed by atoms with Gasteiger partial charge in [0.2, 0.25) is 0 Å². The van der Waals surface area contributed by atoms with Crippen LogP contribution < -0.4 is 10.1 Å². The molecule has 0 unspecified atom stereocenters. The van der Waals surface area contributed by atoms with Gasteiger partial charge in [-0.15, -0.1) is 22.7 Å². The number of aromatic nitrogens is 1. The van der Waals surface area contributed by atoms with Crippen LogP contribution in [0.4, 0.5) is 5.69 Å². The second-order valence-corrected chi connectivity index (χ2v) is 14.2. The number of anilines is 1. The third kappa shape index (κ3) is 5.86. The van der Waals surface area contributed by atoms with Crippen molar-refractivity contribution in [2.24, 2.45) is 5.92 Å². The molecule has 0 saturated carbocycles. The molecule has 216 valence electrons. The van der Waals surface area contributed by atoms with Crippen molar-refractivity contribution in [2.45, 2.75) is 30.2 Å². The number of ether oxygens (including phenoxy) is 1. The van der Waals surface area contributed by atoms with E-state index in [1.54, 1.807) is 47.5 Å². The number of benzene rings is 2. The standard InChI is InChI=1S/C28H30N4O6S3/c1-17-14-32(18(2)16-33)28(35)19-8-6-10-21(29-26(34)27-30-20-9-4-5-11-23(20)40-27)25(19)38-22(17)15-31(3)41(36,37)24-12-7-13-39-24/h4-13,17-18,22,33H,14-16H2,1-3H3,(H,29,34)/t17-,18+,22-/m0/s1. The molecule has 2 N–H and O–H groups in total. The lowest BCUT2D eigenvalue weighted by molar-refractivity contribution is 0.0388. The maximum Gasteiger partial charge on any atom is 0.284 e. The number of aliphatic hydroxyl groups excluding tert-OH is 1. The Morgan fingerprint density at radius 1 is 1.22 bits per heavy atom. The number of rotatable bonds is 8. The number of nitrogens with one attached hydrogen (secondary N) is 1. The lowest BCUT2D eigenvalue weighted by atomic mass is 9.99. The minimum Gasteiger partial charge on any atom is -0.486 e. The summed E-state index contributed by atoms with van der Waals surface area (Å²) in [6.45, 7) is 3.60. The number of para-hydroxylation sites is 2. The first-order chi connectivity index (χ1) is 19.6. The Hall–Kier alpha value is -3.36. The zero-order valence-electron chi connectivity index (χ0n) is 22.7. The van der Waals surface area contributed by atoms with Crippen molar-refractivity contribution in [3.05, 3.63) is 70.5 Å². The van der Waals surface area contributed by atoms with Gasteiger partial charge in [-0.05, 0) is 42.6 Å². The van der Waals surface area contributed by atoms with Gasteiger partial charge >= 0.3 is 0 Å². The second-order valence-electron chi connectivity index (χ2n) is 9.96. The van der Waals surface area contributed by atoms with E-state index in [1.807, 2.05) is 31.2 Å². The molecule has 10 nitrogen and oxygen atoms in total. The fraction of sp³-hybridized carbons (Fsp3) is 0.321. The molecular formula is C28H30N4O6S3. The van der Waals surface area contributed by atoms with E-state index < -0.39 is 28.1 Å². The van der Waals surface area contributed by atoms with Crippen LogP contribution in [0.25, 0.3) is 10.2 Å². The van der Waals surface area contributed by atoms with Gasteiger partial charge in [0.25, 0.3) is 21.8 Å². The lowest BCUT2D eigenvalue weighted by Gasteiger charge is -2.38. The van der Waals surface area contributed by atoms with Crippen LogP contribution in [0.5, 0.6) is 5.75 Å². The minimum absolute atomic E-state index is 0.00345. The summed E-state index contributed by atoms with van der Waals surface area (Å²) in [7, 11) is -2.27. The molecule has 2 aromatic heterocycles. The minimum atomic E-state index is -3.77. The third-order valence-corrected chi connectivity index (χ3v) is 11.3. The molecule has 2 amide bonds. The first-order valence-corrected chi connectivity index (χ1v) is 16.1. The van der Waals surface area contributed by atoms with Gasteiger partial charge in [-0.2, -0.15) is 4.31 Å². The van der Waals surface area contributed by atoms with Gasteiger partial charge in [0.1, 0.15) is 10.3 Å². The topological polar surface area (TPSA) is 129 Å². The summed E-state index contributed by atoms with van der Waals surface area (Å²) < 4.78 is 35.2. The van der Waals surface area contributed by atoms with Crippen LogP contribution in [-0.4, -0.2) is 78.4 Å². The van der Waals surface area contributed by atoms with Crippen LogP contribution in [0.3, 0.4) is 0 Å². The van der Waals surface area contributed by atoms with Gasteiger partial charge in [-0.25, -0.2) is 13.4 Å². The highest BCUT2D eigenvalue weighted by Crippen LogP contribution is 2.36. The average Bonchev–Trinajstić information content (AvgIpc) is 3.66. The third-order valence-electron chi connectivity index (χ3n) is 7.02. The molecule has 0 radical (unpaired) electrons. The molecular weight excluding hydrogens is 585 g/mol. The highest BCUT2D eigenvalue weighted by molar-refractivity contribution is 7.91. The van der Waals surface area contributed by atoms with Gasteiger partial charge in [-0.1, -0.05) is 31.2 Å². The number of carbonyl (C=O) groups excluding carboxylic acids is 2. The van der Waals surface area contributed by atoms with E-state index in [4.69, 9.17) is 4.74 Å². The van der Waals surface area contributed by atoms with E-state index in [1.165, 1.54) is 22.7 Å². The van der Waals surface area contributed by atoms with Gasteiger partial charge < -0.3 is 20.1 Å². The first-order valence-electron chi connectivity index (χ1n) is 13.0. The number of likely N-dealkylation sites (N-methyl/N-ethyl adjacent to an activating group) is 1. The predicted molar refractivity (Wildman–Crippen MR) is 159 cm³/mol. The van der Waals surface area contributed by atoms with E-state index in [-0.39, 0.29) is 57.7 Å². The Morgan fingerprint density at radius 2 is 2.00 bits per heavy atom. The molecule has 0 fully saturated rings. The number of thiazole rings is 1. The largest absolute Gasteiger partial charge is 0.486 e. The van der Waals surface area contributed by atoms with E-state index in [9.17, 15) is 23.1 Å². The van der Waals surface area contributed by atoms with Crippen LogP contribution in [0.1, 0.15) is 34.0 Å². The van der Waals surface area contributed by atoms with Crippen molar-refractivity contribution >= 4 is 60.4 Å². The normalized spacial score (nSPS) is 18.5. The molecule has 0 bridgehead atoms. The number of nitrogens with zero attached hydrogens (tertiary/aromatic N) is 3. The SMILES string of the molecule is C[C@H](CO)N1C[C@H](C)[C@H](CN(C)S(=O)(=O)c2cccs2)Oc2c(NC(=O)c3nc4ccccc4s3)cccc2C1=O. The van der Waals surface area contributed by atoms with E-state index >= 15 is 0 Å². The summed E-state index contributed by atoms with van der Waals surface area (Å²) in [5.74, 6) is -1.00. The summed E-state index contributed by atoms with van der Waals surface area (Å²) in [5.41, 5.74) is 1.17. The summed E-state index contributed by atoms with van der Waals surface area (Å²) in [4.78, 5) is 33.0. The van der Waals surface area contributed by atoms with Crippen LogP contribution in [0.15, 0.2) is 64.2 Å². The summed E-state index contributed by atoms with van der Waals surface area (Å²) in [5, 5.41) is 14.7. The maximum absolute atomic E-state index is 13.7. The average molecular weight is 615 g/mol. The van der Waals surface area contributed by atoms with Crippen molar-refractivity contribution in [3.63, 3.8) is 0 Å². The zero-order valence-corrected chi connectivity index (χ0v) is 25.1. The quantitative estimate of drug-likeness (QED) is 0.305.